The zero-order chi connectivity index (χ0) is 15.4. The molecule has 1 N–H and O–H groups in total. The number of hydrogen-bond donors (Lipinski definition) is 1. The van der Waals surface area contributed by atoms with Crippen molar-refractivity contribution in [2.45, 2.75) is 13.5 Å². The van der Waals surface area contributed by atoms with Crippen LogP contribution in [0.5, 0.6) is 0 Å². The smallest absolute Gasteiger partial charge is 0.189 e. The normalized spacial score (nSPS) is 14.8. The van der Waals surface area contributed by atoms with Crippen molar-refractivity contribution in [2.75, 3.05) is 31.5 Å². The quantitative estimate of drug-likeness (QED) is 0.646. The van der Waals surface area contributed by atoms with Gasteiger partial charge < -0.3 is 15.5 Å². The van der Waals surface area contributed by atoms with Crippen molar-refractivity contribution in [1.82, 2.24) is 14.9 Å². The number of nitrogens with one attached hydrogen (secondary N) is 1. The van der Waals surface area contributed by atoms with Crippen molar-refractivity contribution in [2.24, 2.45) is 0 Å². The standard InChI is InChI=1S/C15H17N6S.Ac/c1-11-6-12(10-21-4-2-17-3-5-21)7-14(19-11)20-15-18-9-13(8-16)22-15;/h6-7,9H,2-5,10H2,1H3,(H,18,19,20);/q-1;. The van der Waals surface area contributed by atoms with E-state index in [2.05, 4.69) is 37.6 Å². The maximum absolute atomic E-state index is 8.85. The summed E-state index contributed by atoms with van der Waals surface area (Å²) < 4.78 is 0. The van der Waals surface area contributed by atoms with Crippen LogP contribution >= 0.6 is 11.3 Å². The Morgan fingerprint density at radius 3 is 2.87 bits per heavy atom. The molecule has 117 valence electrons. The average Bonchev–Trinajstić information content (AvgIpc) is 2.95. The van der Waals surface area contributed by atoms with Crippen molar-refractivity contribution >= 4 is 22.3 Å². The number of nitriles is 1. The zero-order valence-electron chi connectivity index (χ0n) is 13.0. The fraction of sp³-hybridized carbons (Fsp3) is 0.400. The predicted molar refractivity (Wildman–Crippen MR) is 87.5 cm³/mol. The van der Waals surface area contributed by atoms with Gasteiger partial charge in [-0.05, 0) is 37.7 Å². The number of piperazine rings is 1. The van der Waals surface area contributed by atoms with E-state index in [1.54, 1.807) is 6.20 Å². The fourth-order valence-corrected chi connectivity index (χ4v) is 3.07. The van der Waals surface area contributed by atoms with E-state index in [1.807, 2.05) is 13.0 Å². The fourth-order valence-electron chi connectivity index (χ4n) is 2.45. The second-order valence-electron chi connectivity index (χ2n) is 5.22. The van der Waals surface area contributed by atoms with Crippen LogP contribution in [0.15, 0.2) is 18.3 Å². The molecule has 2 aromatic heterocycles. The van der Waals surface area contributed by atoms with E-state index in [9.17, 15) is 0 Å². The summed E-state index contributed by atoms with van der Waals surface area (Å²) in [6.07, 6.45) is 1.57. The minimum absolute atomic E-state index is 0. The predicted octanol–water partition coefficient (Wildman–Crippen LogP) is 2.65. The molecule has 0 saturated carbocycles. The van der Waals surface area contributed by atoms with E-state index < -0.39 is 0 Å². The molecule has 0 spiro atoms. The second kappa shape index (κ2) is 9.06. The first-order chi connectivity index (χ1) is 10.7. The molecule has 2 aromatic rings. The van der Waals surface area contributed by atoms with Crippen LogP contribution in [0.3, 0.4) is 0 Å². The summed E-state index contributed by atoms with van der Waals surface area (Å²) in [6.45, 7) is 6.78. The van der Waals surface area contributed by atoms with Gasteiger partial charge >= 0.3 is 0 Å². The molecule has 0 bridgehead atoms. The van der Waals surface area contributed by atoms with Crippen LogP contribution in [0.4, 0.5) is 10.9 Å². The van der Waals surface area contributed by atoms with Crippen molar-refractivity contribution < 1.29 is 44.1 Å². The first kappa shape index (κ1) is 18.8. The zero-order valence-corrected chi connectivity index (χ0v) is 18.6. The third-order valence-electron chi connectivity index (χ3n) is 3.42. The molecule has 1 aliphatic heterocycles. The number of nitrogens with zero attached hydrogens (tertiary/aromatic N) is 5. The number of pyridine rings is 1. The number of thiazole rings is 1. The van der Waals surface area contributed by atoms with Gasteiger partial charge in [0.1, 0.15) is 16.8 Å². The molecule has 0 unspecified atom stereocenters. The Kier molecular flexibility index (Phi) is 7.39. The summed E-state index contributed by atoms with van der Waals surface area (Å²) in [5.74, 6) is 0.774. The molecule has 23 heavy (non-hydrogen) atoms. The molecular weight excluding hydrogens is 523 g/mol. The van der Waals surface area contributed by atoms with Gasteiger partial charge in [-0.2, -0.15) is 5.26 Å². The molecule has 6 nitrogen and oxygen atoms in total. The van der Waals surface area contributed by atoms with E-state index in [4.69, 9.17) is 5.26 Å². The van der Waals surface area contributed by atoms with Crippen LogP contribution < -0.4 is 5.32 Å². The van der Waals surface area contributed by atoms with E-state index in [0.717, 1.165) is 44.2 Å². The molecule has 8 heteroatoms. The van der Waals surface area contributed by atoms with Gasteiger partial charge in [0, 0.05) is 56.3 Å². The summed E-state index contributed by atoms with van der Waals surface area (Å²) in [5, 5.41) is 17.1. The Labute approximate surface area is 175 Å². The van der Waals surface area contributed by atoms with Crippen LogP contribution in [-0.2, 0) is 6.54 Å². The van der Waals surface area contributed by atoms with Crippen molar-refractivity contribution in [3.8, 4) is 6.07 Å². The molecule has 1 fully saturated rings. The summed E-state index contributed by atoms with van der Waals surface area (Å²) in [6, 6.07) is 6.25. The largest absolute Gasteiger partial charge is 0.660 e. The van der Waals surface area contributed by atoms with Crippen LogP contribution in [0.1, 0.15) is 16.1 Å². The Morgan fingerprint density at radius 1 is 1.39 bits per heavy atom. The number of hydrogen-bond acceptors (Lipinski definition) is 6. The molecule has 0 aromatic carbocycles. The Balaban J connectivity index is 0.00000192. The number of rotatable bonds is 4. The Hall–Kier alpha value is -0.568. The molecular formula is C15H17AcN6S-. The summed E-state index contributed by atoms with van der Waals surface area (Å²) in [4.78, 5) is 11.7. The molecule has 3 heterocycles. The van der Waals surface area contributed by atoms with Crippen LogP contribution in [0, 0.1) is 62.3 Å². The molecule has 1 radical (unpaired) electrons. The average molecular weight is 540 g/mol. The minimum atomic E-state index is 0. The van der Waals surface area contributed by atoms with Crippen LogP contribution in [0.25, 0.3) is 5.32 Å². The molecule has 0 aliphatic carbocycles. The Morgan fingerprint density at radius 2 is 2.17 bits per heavy atom. The Bertz CT molecular complexity index is 690. The monoisotopic (exact) mass is 540 g/mol. The van der Waals surface area contributed by atoms with Gasteiger partial charge in [-0.3, -0.25) is 0 Å². The summed E-state index contributed by atoms with van der Waals surface area (Å²) in [5.41, 5.74) is 2.20. The van der Waals surface area contributed by atoms with Crippen molar-refractivity contribution in [3.05, 3.63) is 39.8 Å². The van der Waals surface area contributed by atoms with Crippen molar-refractivity contribution in [3.63, 3.8) is 0 Å². The molecule has 1 aliphatic rings. The van der Waals surface area contributed by atoms with E-state index >= 15 is 0 Å². The maximum atomic E-state index is 8.85. The third kappa shape index (κ3) is 5.48. The number of aryl methyl sites for hydroxylation is 1. The van der Waals surface area contributed by atoms with Gasteiger partial charge in [-0.1, -0.05) is 11.3 Å². The minimum Gasteiger partial charge on any atom is -0.660 e. The maximum Gasteiger partial charge on any atom is 0.189 e. The third-order valence-corrected chi connectivity index (χ3v) is 4.24. The van der Waals surface area contributed by atoms with Gasteiger partial charge in [0.2, 0.25) is 0 Å². The first-order valence-corrected chi connectivity index (χ1v) is 8.01. The van der Waals surface area contributed by atoms with Crippen LogP contribution in [-0.4, -0.2) is 41.0 Å². The molecule has 0 atom stereocenters. The molecule has 0 amide bonds. The van der Waals surface area contributed by atoms with Gasteiger partial charge in [0.05, 0.1) is 6.20 Å². The van der Waals surface area contributed by atoms with Gasteiger partial charge in [0.15, 0.2) is 5.13 Å². The van der Waals surface area contributed by atoms with Gasteiger partial charge in [-0.15, -0.1) is 13.1 Å². The van der Waals surface area contributed by atoms with E-state index in [-0.39, 0.29) is 44.1 Å². The summed E-state index contributed by atoms with van der Waals surface area (Å²) >= 11 is 1.33. The summed E-state index contributed by atoms with van der Waals surface area (Å²) in [7, 11) is 0. The number of aromatic nitrogens is 2. The van der Waals surface area contributed by atoms with Gasteiger partial charge in [-0.25, -0.2) is 9.97 Å². The second-order valence-corrected chi connectivity index (χ2v) is 6.25. The van der Waals surface area contributed by atoms with E-state index in [0.29, 0.717) is 10.0 Å². The van der Waals surface area contributed by atoms with Gasteiger partial charge in [0.25, 0.3) is 0 Å². The van der Waals surface area contributed by atoms with E-state index in [1.165, 1.54) is 16.9 Å². The first-order valence-electron chi connectivity index (χ1n) is 7.19. The van der Waals surface area contributed by atoms with Crippen molar-refractivity contribution in [1.29, 1.82) is 5.26 Å². The molecule has 1 saturated heterocycles. The SMILES string of the molecule is Cc1cc(CN2CC[N-]CC2)cc(Nc2ncc(C#N)s2)n1.[Ac]. The molecule has 3 rings (SSSR count). The topological polar surface area (TPSA) is 78.9 Å². The number of anilines is 2. The van der Waals surface area contributed by atoms with Crippen LogP contribution in [0.2, 0.25) is 0 Å².